The largest absolute Gasteiger partial charge is 0.504 e. The van der Waals surface area contributed by atoms with Crippen LogP contribution in [0.4, 0.5) is 0 Å². The highest BCUT2D eigenvalue weighted by Gasteiger charge is 2.52. The van der Waals surface area contributed by atoms with Gasteiger partial charge in [0.05, 0.1) is 101 Å². The lowest BCUT2D eigenvalue weighted by Gasteiger charge is -2.38. The first-order valence-electron chi connectivity index (χ1n) is 34.1. The van der Waals surface area contributed by atoms with Gasteiger partial charge in [-0.05, 0) is 184 Å². The zero-order valence-electron chi connectivity index (χ0n) is 59.3. The van der Waals surface area contributed by atoms with Gasteiger partial charge in [0.15, 0.2) is 97.6 Å². The average Bonchev–Trinajstić information content (AvgIpc) is 1.65. The molecule has 0 bridgehead atoms. The number of phenolic OH excluding ortho intramolecular Hbond substituents is 8. The van der Waals surface area contributed by atoms with E-state index in [1.165, 1.54) is 69.0 Å². The Bertz CT molecular complexity index is 4360. The van der Waals surface area contributed by atoms with Crippen LogP contribution in [-0.4, -0.2) is 170 Å². The SMILES string of the molecule is COc1cc(C[C@H]2COC(=O)[C@]2(O)Cc2ccc(O)c(OC)c2)ccc1O.COc1cc([C@@H]2OC[C@@H]3[C@H]2CO[C@H]3c2ccc(O)c(OC)c2)ccc1O.COc1cc([C@@H]2c3cc(O)c(OC)cc3C[C@@H]3C(=O)OC[C@@H]23)ccc1O.COc1cc([C@@H]2c3cc(O)c(OC)cc3C[C@H](CO)[C@H]2CO)ccc1O. The number of benzene rings is 8. The van der Waals surface area contributed by atoms with Gasteiger partial charge in [-0.3, -0.25) is 4.79 Å². The van der Waals surface area contributed by atoms with Crippen LogP contribution in [0.25, 0.3) is 0 Å². The zero-order valence-corrected chi connectivity index (χ0v) is 59.3. The molecule has 4 heterocycles. The topological polar surface area (TPSA) is 367 Å². The fourth-order valence-corrected chi connectivity index (χ4v) is 15.4. The minimum atomic E-state index is -1.70. The molecular weight excluding hydrogens is 1360 g/mol. The summed E-state index contributed by atoms with van der Waals surface area (Å²) in [6.07, 6.45) is 1.34. The Labute approximate surface area is 606 Å². The van der Waals surface area contributed by atoms with Crippen molar-refractivity contribution in [3.8, 4) is 92.0 Å². The van der Waals surface area contributed by atoms with Gasteiger partial charge >= 0.3 is 11.9 Å². The van der Waals surface area contributed by atoms with Gasteiger partial charge in [-0.15, -0.1) is 0 Å². The third-order valence-corrected chi connectivity index (χ3v) is 21.0. The van der Waals surface area contributed by atoms with E-state index in [-0.39, 0.29) is 144 Å². The van der Waals surface area contributed by atoms with Gasteiger partial charge in [-0.2, -0.15) is 0 Å². The van der Waals surface area contributed by atoms with Crippen LogP contribution in [0.2, 0.25) is 0 Å². The van der Waals surface area contributed by atoms with E-state index < -0.39 is 17.5 Å². The maximum absolute atomic E-state index is 12.3. The molecule has 0 aromatic heterocycles. The van der Waals surface area contributed by atoms with Crippen LogP contribution in [-0.2, 0) is 54.2 Å². The van der Waals surface area contributed by atoms with Crippen molar-refractivity contribution in [3.63, 3.8) is 0 Å². The van der Waals surface area contributed by atoms with Crippen LogP contribution >= 0.6 is 0 Å². The minimum absolute atomic E-state index is 0.0185. The quantitative estimate of drug-likeness (QED) is 0.0356. The molecule has 12 atom stereocenters. The first kappa shape index (κ1) is 75.5. The van der Waals surface area contributed by atoms with E-state index in [9.17, 15) is 65.8 Å². The molecule has 558 valence electrons. The van der Waals surface area contributed by atoms with Crippen molar-refractivity contribution in [1.29, 1.82) is 0 Å². The molecule has 4 aliphatic heterocycles. The van der Waals surface area contributed by atoms with E-state index in [0.29, 0.717) is 84.9 Å². The Hall–Kier alpha value is -10.7. The highest BCUT2D eigenvalue weighted by atomic mass is 16.6. The number of ether oxygens (including phenoxy) is 12. The van der Waals surface area contributed by atoms with Crippen LogP contribution < -0.4 is 37.9 Å². The Balaban J connectivity index is 0.000000140. The number of phenols is 8. The molecule has 0 saturated carbocycles. The molecule has 8 aromatic carbocycles. The lowest BCUT2D eigenvalue weighted by Crippen LogP contribution is -2.44. The van der Waals surface area contributed by atoms with Crippen molar-refractivity contribution in [2.24, 2.45) is 41.4 Å². The van der Waals surface area contributed by atoms with Gasteiger partial charge in [0.1, 0.15) is 0 Å². The molecule has 25 nitrogen and oxygen atoms in total. The molecule has 0 spiro atoms. The number of methoxy groups -OCH3 is 8. The number of carbonyl (C=O) groups excluding carboxylic acids is 2. The van der Waals surface area contributed by atoms with E-state index in [4.69, 9.17) is 56.8 Å². The number of carbonyl (C=O) groups is 2. The second-order valence-corrected chi connectivity index (χ2v) is 26.7. The van der Waals surface area contributed by atoms with Crippen LogP contribution in [0, 0.1) is 41.4 Å². The Morgan fingerprint density at radius 3 is 1.25 bits per heavy atom. The van der Waals surface area contributed by atoms with Gasteiger partial charge in [-0.25, -0.2) is 4.79 Å². The van der Waals surface area contributed by atoms with Crippen molar-refractivity contribution in [2.45, 2.75) is 55.3 Å². The number of fused-ring (bicyclic) bond motifs is 4. The number of hydrogen-bond donors (Lipinski definition) is 11. The van der Waals surface area contributed by atoms with Crippen LogP contribution in [0.3, 0.4) is 0 Å². The monoisotopic (exact) mass is 1450 g/mol. The molecule has 0 amide bonds. The fraction of sp³-hybridized carbons (Fsp3) is 0.375. The average molecular weight is 1450 g/mol. The molecular formula is C80H88O25. The van der Waals surface area contributed by atoms with Crippen molar-refractivity contribution in [2.75, 3.05) is 96.5 Å². The van der Waals surface area contributed by atoms with Gasteiger partial charge in [0, 0.05) is 55.1 Å². The number of cyclic esters (lactones) is 2. The van der Waals surface area contributed by atoms with E-state index >= 15 is 0 Å². The highest BCUT2D eigenvalue weighted by molar-refractivity contribution is 5.82. The van der Waals surface area contributed by atoms with Crippen LogP contribution in [0.5, 0.6) is 92.0 Å². The van der Waals surface area contributed by atoms with Gasteiger partial charge in [0.2, 0.25) is 0 Å². The molecule has 8 aromatic rings. The molecule has 25 heteroatoms. The van der Waals surface area contributed by atoms with E-state index in [2.05, 4.69) is 0 Å². The Kier molecular flexibility index (Phi) is 23.4. The predicted molar refractivity (Wildman–Crippen MR) is 379 cm³/mol. The summed E-state index contributed by atoms with van der Waals surface area (Å²) in [5, 5.41) is 110. The van der Waals surface area contributed by atoms with E-state index in [1.807, 2.05) is 30.3 Å². The Morgan fingerprint density at radius 1 is 0.400 bits per heavy atom. The third kappa shape index (κ3) is 15.5. The van der Waals surface area contributed by atoms with Gasteiger partial charge < -0.3 is 113 Å². The summed E-state index contributed by atoms with van der Waals surface area (Å²) in [7, 11) is 11.9. The smallest absolute Gasteiger partial charge is 0.338 e. The molecule has 0 radical (unpaired) electrons. The number of rotatable bonds is 18. The normalized spacial score (nSPS) is 23.7. The van der Waals surface area contributed by atoms with E-state index in [1.54, 1.807) is 91.0 Å². The van der Waals surface area contributed by atoms with Gasteiger partial charge in [0.25, 0.3) is 0 Å². The van der Waals surface area contributed by atoms with Crippen molar-refractivity contribution in [1.82, 2.24) is 0 Å². The lowest BCUT2D eigenvalue weighted by atomic mass is 9.67. The number of aliphatic hydroxyl groups is 3. The summed E-state index contributed by atoms with van der Waals surface area (Å²) in [6.45, 7) is 1.45. The number of esters is 2. The predicted octanol–water partition coefficient (Wildman–Crippen LogP) is 9.61. The standard InChI is InChI=1S/C20H22O7.C20H22O6.C20H20O6.C20H24O6/c1-25-17-8-12(3-5-15(17)21)7-14-11-27-19(23)20(14,24)10-13-4-6-16(22)18(9-13)26-2;1-23-17-7-11(3-5-15(17)21)19-13-9-26-20(14(13)10-25-19)12-4-6-16(22)18(8-12)24-2;1-24-17-6-10(3-4-15(17)21)19-12-8-16(22)18(25-2)7-11(12)5-13-14(19)9-26-20(13)23;1-25-18-6-11(3-4-16(18)23)20-14-8-17(24)19(26-2)7-12(14)5-13(9-21)15(20)10-22/h3-6,8-9,14,21-22,24H,7,10-11H2,1-2H3;3-8,13-14,19-22H,9-10H2,1-2H3;3-4,6-8,13-14,19,21-22H,5,9H2,1-2H3;3-4,6-8,13,15,20-24H,5,9-10H2,1-2H3/t14-,20-;13-,14-,19+,20+;13-,14+,19+;13-,15-,20-/m0101/s1. The zero-order chi connectivity index (χ0) is 75.1. The summed E-state index contributed by atoms with van der Waals surface area (Å²) in [5.74, 6) is 1.40. The lowest BCUT2D eigenvalue weighted by molar-refractivity contribution is -0.154. The first-order chi connectivity index (χ1) is 50.5. The fourth-order valence-electron chi connectivity index (χ4n) is 15.4. The number of aromatic hydroxyl groups is 8. The molecule has 6 aliphatic rings. The van der Waals surface area contributed by atoms with Gasteiger partial charge in [-0.1, -0.05) is 36.4 Å². The number of hydrogen-bond acceptors (Lipinski definition) is 25. The molecule has 105 heavy (non-hydrogen) atoms. The van der Waals surface area contributed by atoms with Crippen molar-refractivity contribution >= 4 is 11.9 Å². The Morgan fingerprint density at radius 2 is 0.790 bits per heavy atom. The second kappa shape index (κ2) is 32.5. The maximum atomic E-state index is 12.3. The summed E-state index contributed by atoms with van der Waals surface area (Å²) in [6, 6.07) is 37.3. The summed E-state index contributed by atoms with van der Waals surface area (Å²) < 4.78 is 64.1. The molecule has 4 fully saturated rings. The molecule has 0 unspecified atom stereocenters. The first-order valence-corrected chi connectivity index (χ1v) is 34.1. The van der Waals surface area contributed by atoms with Crippen molar-refractivity contribution < 1.29 is 123 Å². The third-order valence-electron chi connectivity index (χ3n) is 21.0. The molecule has 4 saturated heterocycles. The van der Waals surface area contributed by atoms with Crippen molar-refractivity contribution in [3.05, 3.63) is 189 Å². The highest BCUT2D eigenvalue weighted by Crippen LogP contribution is 2.54. The minimum Gasteiger partial charge on any atom is -0.504 e. The number of aliphatic hydroxyl groups excluding tert-OH is 2. The summed E-state index contributed by atoms with van der Waals surface area (Å²) in [5.41, 5.74) is 7.15. The van der Waals surface area contributed by atoms with E-state index in [0.717, 1.165) is 50.1 Å². The molecule has 11 N–H and O–H groups in total. The van der Waals surface area contributed by atoms with Crippen LogP contribution in [0.1, 0.15) is 79.7 Å². The van der Waals surface area contributed by atoms with Crippen LogP contribution in [0.15, 0.2) is 133 Å². The molecule has 14 rings (SSSR count). The maximum Gasteiger partial charge on any atom is 0.338 e. The second-order valence-electron chi connectivity index (χ2n) is 26.7. The summed E-state index contributed by atoms with van der Waals surface area (Å²) in [4.78, 5) is 24.5. The molecule has 2 aliphatic carbocycles. The summed E-state index contributed by atoms with van der Waals surface area (Å²) >= 11 is 0.